The third kappa shape index (κ3) is 4.88. The van der Waals surface area contributed by atoms with Crippen molar-refractivity contribution in [2.24, 2.45) is 0 Å². The van der Waals surface area contributed by atoms with Crippen molar-refractivity contribution in [3.8, 4) is 17.2 Å². The fourth-order valence-electron chi connectivity index (χ4n) is 2.01. The topological polar surface area (TPSA) is 70.8 Å². The highest BCUT2D eigenvalue weighted by atomic mass is 16.6. The molecule has 2 rings (SSSR count). The van der Waals surface area contributed by atoms with E-state index < -0.39 is 4.92 Å². The lowest BCUT2D eigenvalue weighted by molar-refractivity contribution is -0.385. The number of hydrogen-bond donors (Lipinski definition) is 0. The number of rotatable bonds is 8. The zero-order valence-electron chi connectivity index (χ0n) is 13.2. The van der Waals surface area contributed by atoms with Crippen LogP contribution in [0.3, 0.4) is 0 Å². The van der Waals surface area contributed by atoms with E-state index in [0.717, 1.165) is 11.3 Å². The Morgan fingerprint density at radius 2 is 1.78 bits per heavy atom. The van der Waals surface area contributed by atoms with E-state index in [1.54, 1.807) is 32.2 Å². The molecule has 0 aliphatic rings. The number of aryl methyl sites for hydroxylation is 1. The molecule has 0 bridgehead atoms. The Morgan fingerprint density at radius 3 is 2.52 bits per heavy atom. The SMILES string of the molecule is COc1cccc(OCCCOc2ccc(C)cc2[N+](=O)[O-])c1. The van der Waals surface area contributed by atoms with E-state index in [2.05, 4.69) is 0 Å². The third-order valence-electron chi connectivity index (χ3n) is 3.17. The van der Waals surface area contributed by atoms with Crippen molar-refractivity contribution in [2.75, 3.05) is 20.3 Å². The van der Waals surface area contributed by atoms with Crippen LogP contribution in [0, 0.1) is 17.0 Å². The van der Waals surface area contributed by atoms with Crippen LogP contribution in [0.5, 0.6) is 17.2 Å². The van der Waals surface area contributed by atoms with Gasteiger partial charge in [-0.1, -0.05) is 12.1 Å². The summed E-state index contributed by atoms with van der Waals surface area (Å²) in [6.07, 6.45) is 0.613. The van der Waals surface area contributed by atoms with E-state index in [9.17, 15) is 10.1 Å². The van der Waals surface area contributed by atoms with Gasteiger partial charge in [-0.15, -0.1) is 0 Å². The van der Waals surface area contributed by atoms with Gasteiger partial charge in [0.25, 0.3) is 0 Å². The van der Waals surface area contributed by atoms with E-state index in [1.807, 2.05) is 18.2 Å². The maximum Gasteiger partial charge on any atom is 0.311 e. The van der Waals surface area contributed by atoms with E-state index in [-0.39, 0.29) is 11.4 Å². The minimum atomic E-state index is -0.435. The molecule has 0 spiro atoms. The van der Waals surface area contributed by atoms with Crippen molar-refractivity contribution in [2.45, 2.75) is 13.3 Å². The molecule has 0 aromatic heterocycles. The first-order valence-corrected chi connectivity index (χ1v) is 7.25. The number of nitrogens with zero attached hydrogens (tertiary/aromatic N) is 1. The van der Waals surface area contributed by atoms with Crippen molar-refractivity contribution in [3.05, 3.63) is 58.1 Å². The number of nitro groups is 1. The highest BCUT2D eigenvalue weighted by Crippen LogP contribution is 2.27. The molecule has 122 valence electrons. The number of benzene rings is 2. The number of ether oxygens (including phenoxy) is 3. The van der Waals surface area contributed by atoms with Crippen LogP contribution in [0.2, 0.25) is 0 Å². The van der Waals surface area contributed by atoms with E-state index in [0.29, 0.717) is 25.4 Å². The lowest BCUT2D eigenvalue weighted by atomic mass is 10.2. The van der Waals surface area contributed by atoms with Crippen LogP contribution in [0.1, 0.15) is 12.0 Å². The Labute approximate surface area is 134 Å². The first-order valence-electron chi connectivity index (χ1n) is 7.25. The molecule has 0 fully saturated rings. The second-order valence-electron chi connectivity index (χ2n) is 4.96. The molecule has 2 aromatic carbocycles. The fraction of sp³-hybridized carbons (Fsp3) is 0.294. The smallest absolute Gasteiger partial charge is 0.311 e. The minimum absolute atomic E-state index is 0.0151. The molecule has 6 nitrogen and oxygen atoms in total. The van der Waals surface area contributed by atoms with Crippen LogP contribution in [0.15, 0.2) is 42.5 Å². The summed E-state index contributed by atoms with van der Waals surface area (Å²) in [7, 11) is 1.60. The molecule has 0 unspecified atom stereocenters. The van der Waals surface area contributed by atoms with Crippen molar-refractivity contribution in [1.82, 2.24) is 0 Å². The predicted molar refractivity (Wildman–Crippen MR) is 86.4 cm³/mol. The lowest BCUT2D eigenvalue weighted by Crippen LogP contribution is -2.06. The molecule has 0 aliphatic heterocycles. The van der Waals surface area contributed by atoms with Crippen LogP contribution in [-0.2, 0) is 0 Å². The second-order valence-corrected chi connectivity index (χ2v) is 4.96. The van der Waals surface area contributed by atoms with Crippen LogP contribution in [-0.4, -0.2) is 25.2 Å². The Bertz CT molecular complexity index is 672. The van der Waals surface area contributed by atoms with E-state index >= 15 is 0 Å². The number of nitro benzene ring substituents is 1. The summed E-state index contributed by atoms with van der Waals surface area (Å²) in [4.78, 5) is 10.6. The average Bonchev–Trinajstić information content (AvgIpc) is 2.55. The first kappa shape index (κ1) is 16.6. The van der Waals surface area contributed by atoms with E-state index in [4.69, 9.17) is 14.2 Å². The maximum atomic E-state index is 11.0. The summed E-state index contributed by atoms with van der Waals surface area (Å²) in [6, 6.07) is 12.2. The molecule has 0 heterocycles. The predicted octanol–water partition coefficient (Wildman–Crippen LogP) is 3.76. The Balaban J connectivity index is 1.80. The second kappa shape index (κ2) is 8.03. The van der Waals surface area contributed by atoms with Gasteiger partial charge in [-0.25, -0.2) is 0 Å². The summed E-state index contributed by atoms with van der Waals surface area (Å²) < 4.78 is 16.2. The summed E-state index contributed by atoms with van der Waals surface area (Å²) in [5.41, 5.74) is 0.809. The number of hydrogen-bond acceptors (Lipinski definition) is 5. The monoisotopic (exact) mass is 317 g/mol. The molecule has 23 heavy (non-hydrogen) atoms. The van der Waals surface area contributed by atoms with Gasteiger partial charge in [-0.3, -0.25) is 10.1 Å². The molecule has 0 N–H and O–H groups in total. The molecule has 2 aromatic rings. The Morgan fingerprint density at radius 1 is 1.04 bits per heavy atom. The van der Waals surface area contributed by atoms with Crippen LogP contribution in [0.4, 0.5) is 5.69 Å². The zero-order chi connectivity index (χ0) is 16.7. The Kier molecular flexibility index (Phi) is 5.80. The van der Waals surface area contributed by atoms with Gasteiger partial charge in [0.2, 0.25) is 0 Å². The molecular weight excluding hydrogens is 298 g/mol. The highest BCUT2D eigenvalue weighted by Gasteiger charge is 2.14. The largest absolute Gasteiger partial charge is 0.497 e. The lowest BCUT2D eigenvalue weighted by Gasteiger charge is -2.09. The molecule has 0 atom stereocenters. The van der Waals surface area contributed by atoms with Crippen molar-refractivity contribution < 1.29 is 19.1 Å². The summed E-state index contributed by atoms with van der Waals surface area (Å²) in [5.74, 6) is 1.72. The molecule has 0 amide bonds. The summed E-state index contributed by atoms with van der Waals surface area (Å²) >= 11 is 0. The maximum absolute atomic E-state index is 11.0. The molecule has 0 aliphatic carbocycles. The van der Waals surface area contributed by atoms with Gasteiger partial charge >= 0.3 is 5.69 Å². The quantitative estimate of drug-likeness (QED) is 0.421. The molecule has 0 saturated heterocycles. The van der Waals surface area contributed by atoms with Crippen LogP contribution < -0.4 is 14.2 Å². The first-order chi connectivity index (χ1) is 11.1. The van der Waals surface area contributed by atoms with Crippen LogP contribution in [0.25, 0.3) is 0 Å². The van der Waals surface area contributed by atoms with Gasteiger partial charge < -0.3 is 14.2 Å². The average molecular weight is 317 g/mol. The van der Waals surface area contributed by atoms with E-state index in [1.165, 1.54) is 6.07 Å². The third-order valence-corrected chi connectivity index (χ3v) is 3.17. The number of methoxy groups -OCH3 is 1. The standard InChI is InChI=1S/C17H19NO5/c1-13-7-8-17(16(11-13)18(19)20)23-10-4-9-22-15-6-3-5-14(12-15)21-2/h3,5-8,11-12H,4,9-10H2,1-2H3. The molecular formula is C17H19NO5. The normalized spacial score (nSPS) is 10.2. The van der Waals surface area contributed by atoms with Gasteiger partial charge in [-0.2, -0.15) is 0 Å². The van der Waals surface area contributed by atoms with Gasteiger partial charge in [0, 0.05) is 18.6 Å². The van der Waals surface area contributed by atoms with Crippen molar-refractivity contribution in [1.29, 1.82) is 0 Å². The fourth-order valence-corrected chi connectivity index (χ4v) is 2.01. The van der Waals surface area contributed by atoms with Crippen molar-refractivity contribution in [3.63, 3.8) is 0 Å². The van der Waals surface area contributed by atoms with Gasteiger partial charge in [0.15, 0.2) is 5.75 Å². The van der Waals surface area contributed by atoms with Gasteiger partial charge in [0.05, 0.1) is 25.2 Å². The Hall–Kier alpha value is -2.76. The molecule has 0 saturated carbocycles. The highest BCUT2D eigenvalue weighted by molar-refractivity contribution is 5.48. The minimum Gasteiger partial charge on any atom is -0.497 e. The zero-order valence-corrected chi connectivity index (χ0v) is 13.2. The van der Waals surface area contributed by atoms with Gasteiger partial charge in [-0.05, 0) is 30.7 Å². The summed E-state index contributed by atoms with van der Waals surface area (Å²) in [5, 5.41) is 11.0. The summed E-state index contributed by atoms with van der Waals surface area (Å²) in [6.45, 7) is 2.60. The molecule has 0 radical (unpaired) electrons. The van der Waals surface area contributed by atoms with Gasteiger partial charge in [0.1, 0.15) is 11.5 Å². The van der Waals surface area contributed by atoms with Crippen molar-refractivity contribution >= 4 is 5.69 Å². The molecule has 6 heteroatoms. The van der Waals surface area contributed by atoms with Crippen LogP contribution >= 0.6 is 0 Å².